The molecule has 1 aliphatic heterocycles. The minimum atomic E-state index is 0. The molecule has 0 aliphatic carbocycles. The number of nitrogens with one attached hydrogen (secondary N) is 2. The SMILES string of the molecule is CNCCCC(=O)Nc1ccc(-c2nnc3n2CCCC3)cc1.Cl.Cl. The Morgan fingerprint density at radius 3 is 2.64 bits per heavy atom. The van der Waals surface area contributed by atoms with Crippen LogP contribution in [0.5, 0.6) is 0 Å². The van der Waals surface area contributed by atoms with Crippen molar-refractivity contribution in [3.8, 4) is 11.4 Å². The lowest BCUT2D eigenvalue weighted by atomic mass is 10.1. The summed E-state index contributed by atoms with van der Waals surface area (Å²) in [6.45, 7) is 1.84. The van der Waals surface area contributed by atoms with Crippen LogP contribution in [0.2, 0.25) is 0 Å². The monoisotopic (exact) mass is 385 g/mol. The minimum absolute atomic E-state index is 0. The fraction of sp³-hybridized carbons (Fsp3) is 0.471. The number of aromatic nitrogens is 3. The third-order valence-electron chi connectivity index (χ3n) is 4.12. The van der Waals surface area contributed by atoms with E-state index in [9.17, 15) is 4.79 Å². The average molecular weight is 386 g/mol. The number of amides is 1. The molecule has 3 rings (SSSR count). The first-order chi connectivity index (χ1) is 11.3. The van der Waals surface area contributed by atoms with Gasteiger partial charge in [0.1, 0.15) is 5.82 Å². The zero-order chi connectivity index (χ0) is 16.1. The maximum Gasteiger partial charge on any atom is 0.224 e. The highest BCUT2D eigenvalue weighted by Gasteiger charge is 2.16. The fourth-order valence-corrected chi connectivity index (χ4v) is 2.87. The molecule has 1 aliphatic rings. The Labute approximate surface area is 160 Å². The van der Waals surface area contributed by atoms with Crippen molar-refractivity contribution < 1.29 is 4.79 Å². The van der Waals surface area contributed by atoms with Gasteiger partial charge in [-0.1, -0.05) is 0 Å². The maximum absolute atomic E-state index is 11.8. The molecule has 1 amide bonds. The number of hydrogen-bond donors (Lipinski definition) is 2. The Hall–Kier alpha value is -1.63. The van der Waals surface area contributed by atoms with Gasteiger partial charge in [0.05, 0.1) is 0 Å². The van der Waals surface area contributed by atoms with Crippen LogP contribution in [0.3, 0.4) is 0 Å². The van der Waals surface area contributed by atoms with Gasteiger partial charge in [-0.3, -0.25) is 4.79 Å². The highest BCUT2D eigenvalue weighted by atomic mass is 35.5. The number of carbonyl (C=O) groups is 1. The summed E-state index contributed by atoms with van der Waals surface area (Å²) in [6.07, 6.45) is 4.75. The molecule has 0 unspecified atom stereocenters. The van der Waals surface area contributed by atoms with E-state index in [1.54, 1.807) is 0 Å². The van der Waals surface area contributed by atoms with E-state index < -0.39 is 0 Å². The van der Waals surface area contributed by atoms with Gasteiger partial charge >= 0.3 is 0 Å². The van der Waals surface area contributed by atoms with E-state index >= 15 is 0 Å². The molecule has 8 heteroatoms. The Balaban J connectivity index is 0.00000156. The smallest absolute Gasteiger partial charge is 0.224 e. The molecule has 2 N–H and O–H groups in total. The molecule has 0 saturated carbocycles. The standard InChI is InChI=1S/C17H23N5O.2ClH/c1-18-11-4-6-16(23)19-14-9-7-13(8-10-14)17-21-20-15-5-2-3-12-22(15)17;;/h7-10,18H,2-6,11-12H2,1H3,(H,19,23);2*1H. The van der Waals surface area contributed by atoms with Gasteiger partial charge in [0.2, 0.25) is 5.91 Å². The van der Waals surface area contributed by atoms with E-state index in [4.69, 9.17) is 0 Å². The van der Waals surface area contributed by atoms with Gasteiger partial charge in [-0.2, -0.15) is 0 Å². The Morgan fingerprint density at radius 2 is 1.92 bits per heavy atom. The molecular weight excluding hydrogens is 361 g/mol. The first kappa shape index (κ1) is 21.4. The number of benzene rings is 1. The molecule has 1 aromatic heterocycles. The summed E-state index contributed by atoms with van der Waals surface area (Å²) in [4.78, 5) is 11.8. The molecule has 0 radical (unpaired) electrons. The van der Waals surface area contributed by atoms with Gasteiger partial charge in [-0.25, -0.2) is 0 Å². The Morgan fingerprint density at radius 1 is 1.16 bits per heavy atom. The van der Waals surface area contributed by atoms with Gasteiger partial charge in [-0.15, -0.1) is 35.0 Å². The molecule has 0 fully saturated rings. The molecule has 6 nitrogen and oxygen atoms in total. The molecule has 0 atom stereocenters. The van der Waals surface area contributed by atoms with Crippen molar-refractivity contribution in [3.05, 3.63) is 30.1 Å². The molecular formula is C17H25Cl2N5O. The lowest BCUT2D eigenvalue weighted by Crippen LogP contribution is -2.15. The fourth-order valence-electron chi connectivity index (χ4n) is 2.87. The number of fused-ring (bicyclic) bond motifs is 1. The number of halogens is 2. The van der Waals surface area contributed by atoms with Crippen molar-refractivity contribution in [3.63, 3.8) is 0 Å². The van der Waals surface area contributed by atoms with Crippen molar-refractivity contribution in [2.45, 2.75) is 38.6 Å². The van der Waals surface area contributed by atoms with Crippen molar-refractivity contribution in [2.75, 3.05) is 18.9 Å². The number of hydrogen-bond acceptors (Lipinski definition) is 4. The van der Waals surface area contributed by atoms with Crippen LogP contribution in [-0.2, 0) is 17.8 Å². The summed E-state index contributed by atoms with van der Waals surface area (Å²) in [7, 11) is 1.89. The van der Waals surface area contributed by atoms with E-state index in [-0.39, 0.29) is 30.7 Å². The second kappa shape index (κ2) is 10.4. The third-order valence-corrected chi connectivity index (χ3v) is 4.12. The maximum atomic E-state index is 11.8. The first-order valence-electron chi connectivity index (χ1n) is 8.25. The second-order valence-electron chi connectivity index (χ2n) is 5.88. The lowest BCUT2D eigenvalue weighted by molar-refractivity contribution is -0.116. The number of carbonyl (C=O) groups excluding carboxylic acids is 1. The summed E-state index contributed by atoms with van der Waals surface area (Å²) in [5, 5.41) is 14.6. The largest absolute Gasteiger partial charge is 0.326 e. The van der Waals surface area contributed by atoms with Crippen LogP contribution in [0.4, 0.5) is 5.69 Å². The summed E-state index contributed by atoms with van der Waals surface area (Å²) in [6, 6.07) is 7.84. The van der Waals surface area contributed by atoms with E-state index in [1.807, 2.05) is 31.3 Å². The average Bonchev–Trinajstić information content (AvgIpc) is 3.00. The van der Waals surface area contributed by atoms with Crippen LogP contribution < -0.4 is 10.6 Å². The van der Waals surface area contributed by atoms with E-state index in [2.05, 4.69) is 25.4 Å². The number of anilines is 1. The van der Waals surface area contributed by atoms with E-state index in [0.29, 0.717) is 6.42 Å². The Bertz CT molecular complexity index is 672. The zero-order valence-electron chi connectivity index (χ0n) is 14.3. The lowest BCUT2D eigenvalue weighted by Gasteiger charge is -2.14. The van der Waals surface area contributed by atoms with Crippen LogP contribution >= 0.6 is 24.8 Å². The molecule has 2 heterocycles. The molecule has 138 valence electrons. The highest BCUT2D eigenvalue weighted by Crippen LogP contribution is 2.24. The second-order valence-corrected chi connectivity index (χ2v) is 5.88. The molecule has 25 heavy (non-hydrogen) atoms. The summed E-state index contributed by atoms with van der Waals surface area (Å²) in [5.41, 5.74) is 1.86. The van der Waals surface area contributed by atoms with E-state index in [1.165, 1.54) is 12.8 Å². The van der Waals surface area contributed by atoms with Gasteiger partial charge in [0.15, 0.2) is 5.82 Å². The molecule has 0 bridgehead atoms. The topological polar surface area (TPSA) is 71.8 Å². The van der Waals surface area contributed by atoms with Gasteiger partial charge < -0.3 is 15.2 Å². The van der Waals surface area contributed by atoms with Crippen molar-refractivity contribution >= 4 is 36.4 Å². The van der Waals surface area contributed by atoms with Crippen LogP contribution in [0.25, 0.3) is 11.4 Å². The van der Waals surface area contributed by atoms with Gasteiger partial charge in [0.25, 0.3) is 0 Å². The van der Waals surface area contributed by atoms with Crippen LogP contribution in [0, 0.1) is 0 Å². The van der Waals surface area contributed by atoms with Crippen LogP contribution in [0.15, 0.2) is 24.3 Å². The van der Waals surface area contributed by atoms with Crippen LogP contribution in [0.1, 0.15) is 31.5 Å². The highest BCUT2D eigenvalue weighted by molar-refractivity contribution is 5.90. The Kier molecular flexibility index (Phi) is 8.89. The summed E-state index contributed by atoms with van der Waals surface area (Å²) < 4.78 is 2.20. The predicted molar refractivity (Wildman–Crippen MR) is 105 cm³/mol. The van der Waals surface area contributed by atoms with Crippen LogP contribution in [-0.4, -0.2) is 34.3 Å². The zero-order valence-corrected chi connectivity index (χ0v) is 16.0. The third kappa shape index (κ3) is 5.42. The molecule has 2 aromatic rings. The predicted octanol–water partition coefficient (Wildman–Crippen LogP) is 3.06. The quantitative estimate of drug-likeness (QED) is 0.749. The van der Waals surface area contributed by atoms with Gasteiger partial charge in [0, 0.05) is 30.6 Å². The number of rotatable bonds is 6. The number of aryl methyl sites for hydroxylation is 1. The summed E-state index contributed by atoms with van der Waals surface area (Å²) >= 11 is 0. The van der Waals surface area contributed by atoms with Crippen molar-refractivity contribution in [2.24, 2.45) is 0 Å². The normalized spacial score (nSPS) is 12.5. The molecule has 1 aromatic carbocycles. The van der Waals surface area contributed by atoms with Crippen molar-refractivity contribution in [1.82, 2.24) is 20.1 Å². The number of nitrogens with zero attached hydrogens (tertiary/aromatic N) is 3. The first-order valence-corrected chi connectivity index (χ1v) is 8.25. The van der Waals surface area contributed by atoms with E-state index in [0.717, 1.165) is 48.8 Å². The molecule has 0 spiro atoms. The molecule has 0 saturated heterocycles. The van der Waals surface area contributed by atoms with Gasteiger partial charge in [-0.05, 0) is 57.1 Å². The van der Waals surface area contributed by atoms with Crippen molar-refractivity contribution in [1.29, 1.82) is 0 Å². The summed E-state index contributed by atoms with van der Waals surface area (Å²) in [5.74, 6) is 2.05. The minimum Gasteiger partial charge on any atom is -0.326 e.